The normalized spacial score (nSPS) is 31.4. The van der Waals surface area contributed by atoms with E-state index in [1.54, 1.807) is 0 Å². The number of hydrogen-bond acceptors (Lipinski definition) is 2. The molecular weight excluding hydrogens is 327 g/mol. The largest absolute Gasteiger partial charge is 0.314 e. The Morgan fingerprint density at radius 3 is 1.88 bits per heavy atom. The molecule has 3 atom stereocenters. The summed E-state index contributed by atoms with van der Waals surface area (Å²) >= 11 is 0. The van der Waals surface area contributed by atoms with Gasteiger partial charge in [0, 0.05) is 28.6 Å². The lowest BCUT2D eigenvalue weighted by Crippen LogP contribution is -2.40. The Kier molecular flexibility index (Phi) is 3.81. The third-order valence-corrected chi connectivity index (χ3v) is 10.5. The zero-order chi connectivity index (χ0) is 17.7. The highest BCUT2D eigenvalue weighted by Crippen LogP contribution is 2.68. The molecule has 0 spiro atoms. The highest BCUT2D eigenvalue weighted by molar-refractivity contribution is 7.78. The van der Waals surface area contributed by atoms with Crippen molar-refractivity contribution in [2.24, 2.45) is 16.7 Å². The molecule has 0 amide bonds. The van der Waals surface area contributed by atoms with Crippen molar-refractivity contribution >= 4 is 23.5 Å². The molecule has 25 heavy (non-hydrogen) atoms. The summed E-state index contributed by atoms with van der Waals surface area (Å²) in [6.07, 6.45) is 3.27. The van der Waals surface area contributed by atoms with Crippen molar-refractivity contribution in [3.05, 3.63) is 60.7 Å². The summed E-state index contributed by atoms with van der Waals surface area (Å²) < 4.78 is 14.4. The lowest BCUT2D eigenvalue weighted by molar-refractivity contribution is -0.128. The molecule has 2 aliphatic rings. The zero-order valence-corrected chi connectivity index (χ0v) is 15.8. The molecule has 0 radical (unpaired) electrons. The van der Waals surface area contributed by atoms with Crippen LogP contribution in [0, 0.1) is 16.7 Å². The monoisotopic (exact) mass is 352 g/mol. The molecule has 2 aliphatic carbocycles. The third-order valence-electron chi connectivity index (χ3n) is 7.10. The predicted octanol–water partition coefficient (Wildman–Crippen LogP) is 4.40. The Hall–Kier alpha value is -1.66. The van der Waals surface area contributed by atoms with Gasteiger partial charge in [-0.3, -0.25) is 4.79 Å². The third kappa shape index (κ3) is 2.30. The molecule has 0 aliphatic heterocycles. The summed E-state index contributed by atoms with van der Waals surface area (Å²) in [4.78, 5) is 12.6. The number of carbonyl (C=O) groups excluding carboxylic acids is 1. The van der Waals surface area contributed by atoms with Crippen LogP contribution < -0.4 is 10.6 Å². The maximum atomic E-state index is 14.4. The van der Waals surface area contributed by atoms with Gasteiger partial charge in [0.15, 0.2) is 0 Å². The van der Waals surface area contributed by atoms with Crippen molar-refractivity contribution in [1.29, 1.82) is 0 Å². The van der Waals surface area contributed by atoms with Crippen LogP contribution in [-0.4, -0.2) is 11.9 Å². The van der Waals surface area contributed by atoms with Crippen molar-refractivity contribution in [3.63, 3.8) is 0 Å². The van der Waals surface area contributed by atoms with E-state index in [9.17, 15) is 9.36 Å². The molecule has 0 heterocycles. The van der Waals surface area contributed by atoms with Crippen molar-refractivity contribution in [3.8, 4) is 0 Å². The van der Waals surface area contributed by atoms with E-state index in [1.807, 2.05) is 60.7 Å². The fourth-order valence-corrected chi connectivity index (χ4v) is 8.69. The molecule has 2 fully saturated rings. The van der Waals surface area contributed by atoms with Crippen LogP contribution in [0.25, 0.3) is 0 Å². The first-order valence-electron chi connectivity index (χ1n) is 9.14. The van der Waals surface area contributed by atoms with E-state index in [0.717, 1.165) is 23.5 Å². The van der Waals surface area contributed by atoms with E-state index in [1.165, 1.54) is 0 Å². The van der Waals surface area contributed by atoms with Crippen LogP contribution in [0.5, 0.6) is 0 Å². The average molecular weight is 352 g/mol. The number of benzene rings is 2. The van der Waals surface area contributed by atoms with E-state index >= 15 is 0 Å². The van der Waals surface area contributed by atoms with Gasteiger partial charge in [-0.2, -0.15) is 0 Å². The second kappa shape index (κ2) is 5.68. The maximum Gasteiger partial charge on any atom is 0.143 e. The van der Waals surface area contributed by atoms with Crippen molar-refractivity contribution < 1.29 is 9.36 Å². The standard InChI is InChI=1S/C22H25O2P/c1-21-14-13-17(15-20(21)23)22(21,2)16-25(24,18-9-5-3-6-10-18)19-11-7-4-8-12-19/h3-12,17H,13-16H2,1-2H3/t17-,21+,22-/m0/s1. The van der Waals surface area contributed by atoms with Gasteiger partial charge in [-0.1, -0.05) is 74.5 Å². The molecule has 0 unspecified atom stereocenters. The highest BCUT2D eigenvalue weighted by atomic mass is 31.2. The number of carbonyl (C=O) groups is 1. The van der Waals surface area contributed by atoms with Crippen LogP contribution in [0.1, 0.15) is 33.1 Å². The van der Waals surface area contributed by atoms with Gasteiger partial charge in [-0.15, -0.1) is 0 Å². The van der Waals surface area contributed by atoms with Crippen LogP contribution in [0.2, 0.25) is 0 Å². The number of Topliss-reactive ketones (excluding diaryl/α,β-unsaturated/α-hetero) is 1. The Balaban J connectivity index is 1.84. The van der Waals surface area contributed by atoms with Crippen molar-refractivity contribution in [2.75, 3.05) is 6.16 Å². The quantitative estimate of drug-likeness (QED) is 0.765. The highest BCUT2D eigenvalue weighted by Gasteiger charge is 2.65. The first kappa shape index (κ1) is 16.8. The number of ketones is 1. The molecule has 2 aromatic carbocycles. The van der Waals surface area contributed by atoms with Gasteiger partial charge in [-0.05, 0) is 24.2 Å². The first-order valence-corrected chi connectivity index (χ1v) is 11.0. The van der Waals surface area contributed by atoms with E-state index in [2.05, 4.69) is 13.8 Å². The summed E-state index contributed by atoms with van der Waals surface area (Å²) in [5.41, 5.74) is -0.512. The summed E-state index contributed by atoms with van der Waals surface area (Å²) in [6.45, 7) is 4.33. The van der Waals surface area contributed by atoms with Crippen LogP contribution >= 0.6 is 7.14 Å². The van der Waals surface area contributed by atoms with Crippen molar-refractivity contribution in [2.45, 2.75) is 33.1 Å². The van der Waals surface area contributed by atoms with Gasteiger partial charge in [0.05, 0.1) is 0 Å². The van der Waals surface area contributed by atoms with Crippen LogP contribution in [0.15, 0.2) is 60.7 Å². The number of rotatable bonds is 4. The Morgan fingerprint density at radius 1 is 0.960 bits per heavy atom. The minimum Gasteiger partial charge on any atom is -0.314 e. The van der Waals surface area contributed by atoms with E-state index < -0.39 is 7.14 Å². The molecule has 130 valence electrons. The smallest absolute Gasteiger partial charge is 0.143 e. The maximum absolute atomic E-state index is 14.4. The second-order valence-corrected chi connectivity index (χ2v) is 11.0. The average Bonchev–Trinajstić information content (AvgIpc) is 2.98. The fourth-order valence-electron chi connectivity index (χ4n) is 5.19. The van der Waals surface area contributed by atoms with E-state index in [0.29, 0.717) is 24.3 Å². The molecule has 2 bridgehead atoms. The van der Waals surface area contributed by atoms with Crippen LogP contribution in [0.3, 0.4) is 0 Å². The van der Waals surface area contributed by atoms with Gasteiger partial charge < -0.3 is 4.57 Å². The van der Waals surface area contributed by atoms with Gasteiger partial charge in [-0.25, -0.2) is 0 Å². The fraction of sp³-hybridized carbons (Fsp3) is 0.409. The predicted molar refractivity (Wildman–Crippen MR) is 103 cm³/mol. The van der Waals surface area contributed by atoms with Gasteiger partial charge in [0.25, 0.3) is 0 Å². The molecule has 0 aromatic heterocycles. The topological polar surface area (TPSA) is 34.1 Å². The molecule has 4 rings (SSSR count). The molecule has 3 heteroatoms. The Labute approximate surface area is 150 Å². The van der Waals surface area contributed by atoms with Gasteiger partial charge in [0.1, 0.15) is 12.9 Å². The van der Waals surface area contributed by atoms with E-state index in [-0.39, 0.29) is 10.8 Å². The Bertz CT molecular complexity index is 801. The lowest BCUT2D eigenvalue weighted by Gasteiger charge is -2.39. The molecule has 0 N–H and O–H groups in total. The zero-order valence-electron chi connectivity index (χ0n) is 14.9. The van der Waals surface area contributed by atoms with Gasteiger partial charge >= 0.3 is 0 Å². The Morgan fingerprint density at radius 2 is 1.48 bits per heavy atom. The van der Waals surface area contributed by atoms with Crippen LogP contribution in [0.4, 0.5) is 0 Å². The summed E-state index contributed by atoms with van der Waals surface area (Å²) in [7, 11) is -2.79. The van der Waals surface area contributed by atoms with Crippen LogP contribution in [-0.2, 0) is 9.36 Å². The van der Waals surface area contributed by atoms with E-state index in [4.69, 9.17) is 0 Å². The molecule has 2 nitrogen and oxygen atoms in total. The van der Waals surface area contributed by atoms with Gasteiger partial charge in [0.2, 0.25) is 0 Å². The molecule has 2 aromatic rings. The molecule has 2 saturated carbocycles. The minimum absolute atomic E-state index is 0.189. The molecular formula is C22H25O2P. The number of hydrogen-bond donors (Lipinski definition) is 0. The summed E-state index contributed by atoms with van der Waals surface area (Å²) in [5.74, 6) is 0.740. The number of fused-ring (bicyclic) bond motifs is 2. The summed E-state index contributed by atoms with van der Waals surface area (Å²) in [6, 6.07) is 19.7. The first-order chi connectivity index (χ1) is 11.9. The molecule has 0 saturated heterocycles. The minimum atomic E-state index is -2.79. The summed E-state index contributed by atoms with van der Waals surface area (Å²) in [5, 5.41) is 1.81. The SMILES string of the molecule is C[C@]1(CP(=O)(c2ccccc2)c2ccccc2)[C@H]2CC[C@]1(C)C(=O)C2. The second-order valence-electron chi connectivity index (χ2n) is 8.18. The van der Waals surface area contributed by atoms with Crippen molar-refractivity contribution in [1.82, 2.24) is 0 Å². The lowest BCUT2D eigenvalue weighted by atomic mass is 9.70.